The Balaban J connectivity index is 2.04. The van der Waals surface area contributed by atoms with Gasteiger partial charge in [-0.05, 0) is 36.4 Å². The Hall–Kier alpha value is -2.33. The average Bonchev–Trinajstić information content (AvgIpc) is 3.09. The number of alkyl halides is 3. The molecule has 2 aromatic rings. The molecule has 160 valence electrons. The van der Waals surface area contributed by atoms with Gasteiger partial charge in [0, 0.05) is 21.7 Å². The molecular weight excluding hydrogens is 489 g/mol. The Bertz CT molecular complexity index is 1100. The van der Waals surface area contributed by atoms with Gasteiger partial charge in [0.15, 0.2) is 22.6 Å². The highest BCUT2D eigenvalue weighted by Crippen LogP contribution is 2.39. The van der Waals surface area contributed by atoms with E-state index in [1.165, 1.54) is 6.92 Å². The summed E-state index contributed by atoms with van der Waals surface area (Å²) in [6, 6.07) is 9.30. The summed E-state index contributed by atoms with van der Waals surface area (Å²) in [6.07, 6.45) is -0.206. The van der Waals surface area contributed by atoms with E-state index in [1.54, 1.807) is 24.3 Å². The summed E-state index contributed by atoms with van der Waals surface area (Å²) in [6.45, 7) is -0.592. The van der Waals surface area contributed by atoms with E-state index in [9.17, 15) is 26.4 Å². The third-order valence-electron chi connectivity index (χ3n) is 4.41. The number of carbonyl (C=O) groups excluding carboxylic acids is 1. The minimum Gasteiger partial charge on any atom is -0.450 e. The molecule has 0 saturated carbocycles. The molecule has 0 N–H and O–H groups in total. The number of cyclic esters (lactones) is 1. The van der Waals surface area contributed by atoms with Gasteiger partial charge in [0.05, 0.1) is 10.6 Å². The normalized spacial score (nSPS) is 16.9. The zero-order valence-corrected chi connectivity index (χ0v) is 18.0. The van der Waals surface area contributed by atoms with Crippen LogP contribution in [0.2, 0.25) is 0 Å². The second kappa shape index (κ2) is 8.43. The maximum Gasteiger partial charge on any atom is 0.375 e. The Morgan fingerprint density at radius 3 is 2.43 bits per heavy atom. The Kier molecular flexibility index (Phi) is 6.28. The molecule has 0 unspecified atom stereocenters. The van der Waals surface area contributed by atoms with Gasteiger partial charge in [-0.3, -0.25) is 0 Å². The molecule has 0 amide bonds. The van der Waals surface area contributed by atoms with Crippen molar-refractivity contribution >= 4 is 31.7 Å². The van der Waals surface area contributed by atoms with Gasteiger partial charge in [0.1, 0.15) is 5.75 Å². The smallest absolute Gasteiger partial charge is 0.375 e. The summed E-state index contributed by atoms with van der Waals surface area (Å²) in [5.74, 6) is -5.01. The number of carbonyl (C=O) groups is 1. The first-order valence-electron chi connectivity index (χ1n) is 8.74. The topological polar surface area (TPSA) is 69.7 Å². The lowest BCUT2D eigenvalue weighted by molar-refractivity contribution is -0.142. The molecule has 0 fully saturated rings. The number of rotatable bonds is 7. The maximum absolute atomic E-state index is 14.2. The van der Waals surface area contributed by atoms with Crippen molar-refractivity contribution < 1.29 is 35.9 Å². The second-order valence-electron chi connectivity index (χ2n) is 6.40. The summed E-state index contributed by atoms with van der Waals surface area (Å²) >= 11 is 3.26. The lowest BCUT2D eigenvalue weighted by Crippen LogP contribution is -2.20. The first-order chi connectivity index (χ1) is 14.1. The van der Waals surface area contributed by atoms with E-state index < -0.39 is 40.1 Å². The molecule has 0 radical (unpaired) electrons. The number of halogens is 4. The van der Waals surface area contributed by atoms with E-state index in [0.717, 1.165) is 28.7 Å². The summed E-state index contributed by atoms with van der Waals surface area (Å²) < 4.78 is 77.0. The van der Waals surface area contributed by atoms with Gasteiger partial charge in [-0.25, -0.2) is 17.6 Å². The van der Waals surface area contributed by atoms with E-state index >= 15 is 0 Å². The highest BCUT2D eigenvalue weighted by Gasteiger charge is 2.39. The summed E-state index contributed by atoms with van der Waals surface area (Å²) in [5, 5.41) is 0. The summed E-state index contributed by atoms with van der Waals surface area (Å²) in [5.41, 5.74) is -1.09. The van der Waals surface area contributed by atoms with Crippen molar-refractivity contribution in [2.45, 2.75) is 23.8 Å². The van der Waals surface area contributed by atoms with Crippen LogP contribution in [0.5, 0.6) is 5.75 Å². The Morgan fingerprint density at radius 2 is 1.83 bits per heavy atom. The van der Waals surface area contributed by atoms with Crippen LogP contribution in [0.25, 0.3) is 0 Å². The zero-order chi connectivity index (χ0) is 22.1. The van der Waals surface area contributed by atoms with E-state index in [-0.39, 0.29) is 22.0 Å². The van der Waals surface area contributed by atoms with Crippen LogP contribution in [0.4, 0.5) is 13.2 Å². The molecule has 1 aliphatic heterocycles. The molecule has 10 heteroatoms. The number of benzene rings is 2. The number of esters is 1. The number of ether oxygens (including phenoxy) is 2. The molecule has 0 aliphatic carbocycles. The lowest BCUT2D eigenvalue weighted by atomic mass is 9.98. The van der Waals surface area contributed by atoms with Gasteiger partial charge in [-0.15, -0.1) is 0 Å². The van der Waals surface area contributed by atoms with Crippen molar-refractivity contribution in [3.8, 4) is 5.75 Å². The summed E-state index contributed by atoms with van der Waals surface area (Å²) in [7, 11) is -3.73. The maximum atomic E-state index is 14.2. The van der Waals surface area contributed by atoms with Crippen molar-refractivity contribution in [2.24, 2.45) is 0 Å². The highest BCUT2D eigenvalue weighted by molar-refractivity contribution is 9.10. The molecule has 30 heavy (non-hydrogen) atoms. The van der Waals surface area contributed by atoms with Gasteiger partial charge in [0.2, 0.25) is 5.76 Å². The molecule has 1 heterocycles. The predicted molar refractivity (Wildman–Crippen MR) is 106 cm³/mol. The average molecular weight is 505 g/mol. The van der Waals surface area contributed by atoms with Crippen LogP contribution < -0.4 is 4.74 Å². The monoisotopic (exact) mass is 504 g/mol. The number of hydrogen-bond acceptors (Lipinski definition) is 5. The van der Waals surface area contributed by atoms with E-state index in [4.69, 9.17) is 9.47 Å². The molecule has 1 aliphatic rings. The third kappa shape index (κ3) is 4.54. The number of sulfone groups is 1. The fourth-order valence-electron chi connectivity index (χ4n) is 2.81. The molecule has 1 atom stereocenters. The Labute approximate surface area is 179 Å². The van der Waals surface area contributed by atoms with Crippen molar-refractivity contribution in [2.75, 3.05) is 12.4 Å². The molecule has 0 aromatic heterocycles. The van der Waals surface area contributed by atoms with Crippen LogP contribution in [0, 0.1) is 0 Å². The first kappa shape index (κ1) is 22.4. The lowest BCUT2D eigenvalue weighted by Gasteiger charge is -2.20. The summed E-state index contributed by atoms with van der Waals surface area (Å²) in [4.78, 5) is 12.0. The third-order valence-corrected chi connectivity index (χ3v) is 6.67. The minimum atomic E-state index is -3.89. The molecule has 3 rings (SSSR count). The van der Waals surface area contributed by atoms with Crippen molar-refractivity contribution in [1.29, 1.82) is 0 Å². The highest BCUT2D eigenvalue weighted by atomic mass is 79.9. The van der Waals surface area contributed by atoms with Crippen LogP contribution in [-0.4, -0.2) is 26.8 Å². The first-order valence-corrected chi connectivity index (χ1v) is 11.2. The van der Waals surface area contributed by atoms with Gasteiger partial charge >= 0.3 is 11.9 Å². The standard InChI is InChI=1S/C20H16BrF3O5S/c1-2-30(26,27)14-7-8-16(20(23,24)11-22)15(9-14)17-10-18(19(25)29-17)28-13-5-3-12(21)4-6-13/h3-10,17H,2,11H2,1H3/t17-/m1/s1. The fourth-order valence-corrected chi connectivity index (χ4v) is 3.99. The molecule has 0 bridgehead atoms. The van der Waals surface area contributed by atoms with E-state index in [1.807, 2.05) is 0 Å². The zero-order valence-electron chi connectivity index (χ0n) is 15.6. The van der Waals surface area contributed by atoms with Crippen molar-refractivity contribution in [3.63, 3.8) is 0 Å². The minimum absolute atomic E-state index is 0.231. The molecule has 0 spiro atoms. The van der Waals surface area contributed by atoms with Gasteiger partial charge in [-0.2, -0.15) is 8.78 Å². The van der Waals surface area contributed by atoms with Crippen LogP contribution >= 0.6 is 15.9 Å². The fraction of sp³-hybridized carbons (Fsp3) is 0.250. The van der Waals surface area contributed by atoms with E-state index in [2.05, 4.69) is 15.9 Å². The molecule has 2 aromatic carbocycles. The SMILES string of the molecule is CCS(=O)(=O)c1ccc(C(F)(F)CF)c([C@H]2C=C(Oc3ccc(Br)cc3)C(=O)O2)c1. The van der Waals surface area contributed by atoms with Crippen molar-refractivity contribution in [1.82, 2.24) is 0 Å². The van der Waals surface area contributed by atoms with Crippen LogP contribution in [0.15, 0.2) is 63.7 Å². The van der Waals surface area contributed by atoms with Gasteiger partial charge in [0.25, 0.3) is 0 Å². The molecule has 5 nitrogen and oxygen atoms in total. The predicted octanol–water partition coefficient (Wildman–Crippen LogP) is 4.86. The van der Waals surface area contributed by atoms with Crippen LogP contribution in [0.3, 0.4) is 0 Å². The molecular formula is C20H16BrF3O5S. The second-order valence-corrected chi connectivity index (χ2v) is 9.60. The Morgan fingerprint density at radius 1 is 1.17 bits per heavy atom. The van der Waals surface area contributed by atoms with Gasteiger partial charge < -0.3 is 9.47 Å². The quantitative estimate of drug-likeness (QED) is 0.503. The molecule has 0 saturated heterocycles. The largest absolute Gasteiger partial charge is 0.450 e. The van der Waals surface area contributed by atoms with Gasteiger partial charge in [-0.1, -0.05) is 28.9 Å². The van der Waals surface area contributed by atoms with E-state index in [0.29, 0.717) is 5.75 Å². The van der Waals surface area contributed by atoms with Crippen molar-refractivity contribution in [3.05, 3.63) is 69.9 Å². The number of hydrogen-bond donors (Lipinski definition) is 0. The van der Waals surface area contributed by atoms with Crippen LogP contribution in [-0.2, 0) is 25.3 Å². The van der Waals surface area contributed by atoms with Crippen LogP contribution in [0.1, 0.15) is 24.2 Å².